The van der Waals surface area contributed by atoms with Gasteiger partial charge in [-0.1, -0.05) is 0 Å². The van der Waals surface area contributed by atoms with Crippen LogP contribution in [-0.4, -0.2) is 5.54 Å². The monoisotopic (exact) mass is 181 g/mol. The molecule has 1 aliphatic rings. The van der Waals surface area contributed by atoms with E-state index in [-0.39, 0.29) is 0 Å². The first kappa shape index (κ1) is 8.27. The maximum absolute atomic E-state index is 3.57. The lowest BCUT2D eigenvalue weighted by Crippen LogP contribution is -2.37. The summed E-state index contributed by atoms with van der Waals surface area (Å²) in [6.07, 6.45) is 2.48. The van der Waals surface area contributed by atoms with Gasteiger partial charge in [0.15, 0.2) is 0 Å². The van der Waals surface area contributed by atoms with Crippen LogP contribution in [0.3, 0.4) is 0 Å². The zero-order chi connectivity index (χ0) is 8.60. The minimum absolute atomic E-state index is 0.318. The minimum Gasteiger partial charge on any atom is -0.307 e. The van der Waals surface area contributed by atoms with Gasteiger partial charge in [-0.2, -0.15) is 0 Å². The summed E-state index contributed by atoms with van der Waals surface area (Å²) in [4.78, 5) is 1.53. The van der Waals surface area contributed by atoms with Gasteiger partial charge in [-0.05, 0) is 43.7 Å². The second-order valence-electron chi connectivity index (χ2n) is 4.11. The van der Waals surface area contributed by atoms with Crippen LogP contribution in [0, 0.1) is 0 Å². The highest BCUT2D eigenvalue weighted by molar-refractivity contribution is 7.10. The highest BCUT2D eigenvalue weighted by Crippen LogP contribution is 2.25. The third kappa shape index (κ3) is 1.54. The number of rotatable bonds is 0. The average molecular weight is 181 g/mol. The van der Waals surface area contributed by atoms with Gasteiger partial charge in [-0.25, -0.2) is 0 Å². The van der Waals surface area contributed by atoms with Crippen molar-refractivity contribution in [2.75, 3.05) is 0 Å². The third-order valence-corrected chi connectivity index (χ3v) is 3.55. The van der Waals surface area contributed by atoms with Crippen molar-refractivity contribution in [1.82, 2.24) is 5.32 Å². The number of nitrogens with one attached hydrogen (secondary N) is 1. The SMILES string of the molecule is CC1(C)CCc2ccsc2CN1. The molecule has 0 unspecified atom stereocenters. The summed E-state index contributed by atoms with van der Waals surface area (Å²) in [5, 5.41) is 5.77. The van der Waals surface area contributed by atoms with Crippen molar-refractivity contribution in [3.05, 3.63) is 21.9 Å². The Morgan fingerprint density at radius 1 is 1.50 bits per heavy atom. The molecule has 2 rings (SSSR count). The van der Waals surface area contributed by atoms with Crippen LogP contribution >= 0.6 is 11.3 Å². The number of hydrogen-bond acceptors (Lipinski definition) is 2. The molecule has 1 aromatic rings. The van der Waals surface area contributed by atoms with E-state index in [9.17, 15) is 0 Å². The molecule has 2 heterocycles. The third-order valence-electron chi connectivity index (χ3n) is 2.58. The lowest BCUT2D eigenvalue weighted by molar-refractivity contribution is 0.373. The first-order chi connectivity index (χ1) is 5.67. The predicted octanol–water partition coefficient (Wildman–Crippen LogP) is 2.56. The first-order valence-corrected chi connectivity index (χ1v) is 5.36. The molecule has 1 aromatic heterocycles. The number of fused-ring (bicyclic) bond motifs is 1. The first-order valence-electron chi connectivity index (χ1n) is 4.48. The van der Waals surface area contributed by atoms with Gasteiger partial charge in [-0.3, -0.25) is 0 Å². The molecule has 0 aliphatic carbocycles. The standard InChI is InChI=1S/C10H15NS/c1-10(2)5-3-8-4-6-12-9(8)7-11-10/h4,6,11H,3,5,7H2,1-2H3. The fraction of sp³-hybridized carbons (Fsp3) is 0.600. The molecule has 0 spiro atoms. The maximum Gasteiger partial charge on any atom is 0.0307 e. The summed E-state index contributed by atoms with van der Waals surface area (Å²) in [7, 11) is 0. The summed E-state index contributed by atoms with van der Waals surface area (Å²) in [5.74, 6) is 0. The molecule has 0 saturated heterocycles. The van der Waals surface area contributed by atoms with Gasteiger partial charge in [0.2, 0.25) is 0 Å². The van der Waals surface area contributed by atoms with E-state index >= 15 is 0 Å². The Labute approximate surface area is 77.8 Å². The molecular formula is C10H15NS. The highest BCUT2D eigenvalue weighted by atomic mass is 32.1. The molecule has 0 fully saturated rings. The molecule has 1 aliphatic heterocycles. The minimum atomic E-state index is 0.318. The van der Waals surface area contributed by atoms with E-state index in [2.05, 4.69) is 30.6 Å². The van der Waals surface area contributed by atoms with E-state index in [1.165, 1.54) is 17.7 Å². The molecule has 0 radical (unpaired) electrons. The fourth-order valence-corrected chi connectivity index (χ4v) is 2.47. The molecule has 2 heteroatoms. The Balaban J connectivity index is 2.21. The van der Waals surface area contributed by atoms with E-state index in [1.807, 2.05) is 11.3 Å². The molecule has 0 atom stereocenters. The molecule has 0 aromatic carbocycles. The Morgan fingerprint density at radius 3 is 3.17 bits per heavy atom. The Hall–Kier alpha value is -0.340. The van der Waals surface area contributed by atoms with Gasteiger partial charge < -0.3 is 5.32 Å². The zero-order valence-corrected chi connectivity index (χ0v) is 8.50. The van der Waals surface area contributed by atoms with Crippen molar-refractivity contribution in [3.63, 3.8) is 0 Å². The van der Waals surface area contributed by atoms with Crippen molar-refractivity contribution in [3.8, 4) is 0 Å². The predicted molar refractivity (Wildman–Crippen MR) is 53.6 cm³/mol. The highest BCUT2D eigenvalue weighted by Gasteiger charge is 2.21. The molecule has 1 N–H and O–H groups in total. The lowest BCUT2D eigenvalue weighted by atomic mass is 9.98. The second-order valence-corrected chi connectivity index (χ2v) is 5.11. The topological polar surface area (TPSA) is 12.0 Å². The quantitative estimate of drug-likeness (QED) is 0.648. The van der Waals surface area contributed by atoms with Crippen LogP contribution in [0.2, 0.25) is 0 Å². The van der Waals surface area contributed by atoms with Gasteiger partial charge in [0, 0.05) is 17.0 Å². The largest absolute Gasteiger partial charge is 0.307 e. The van der Waals surface area contributed by atoms with Crippen molar-refractivity contribution >= 4 is 11.3 Å². The molecule has 0 amide bonds. The summed E-state index contributed by atoms with van der Waals surface area (Å²) in [5.41, 5.74) is 1.87. The van der Waals surface area contributed by atoms with E-state index in [0.717, 1.165) is 6.54 Å². The molecule has 0 saturated carbocycles. The molecule has 1 nitrogen and oxygen atoms in total. The second kappa shape index (κ2) is 2.86. The van der Waals surface area contributed by atoms with Crippen molar-refractivity contribution in [2.24, 2.45) is 0 Å². The maximum atomic E-state index is 3.57. The molecule has 12 heavy (non-hydrogen) atoms. The van der Waals surface area contributed by atoms with Crippen LogP contribution in [0.15, 0.2) is 11.4 Å². The van der Waals surface area contributed by atoms with Gasteiger partial charge >= 0.3 is 0 Å². The Morgan fingerprint density at radius 2 is 2.33 bits per heavy atom. The normalized spacial score (nSPS) is 21.5. The van der Waals surface area contributed by atoms with E-state index in [0.29, 0.717) is 5.54 Å². The van der Waals surface area contributed by atoms with Gasteiger partial charge in [-0.15, -0.1) is 11.3 Å². The van der Waals surface area contributed by atoms with Gasteiger partial charge in [0.05, 0.1) is 0 Å². The van der Waals surface area contributed by atoms with Gasteiger partial charge in [0.1, 0.15) is 0 Å². The molecular weight excluding hydrogens is 166 g/mol. The van der Waals surface area contributed by atoms with Gasteiger partial charge in [0.25, 0.3) is 0 Å². The smallest absolute Gasteiger partial charge is 0.0307 e. The summed E-state index contributed by atoms with van der Waals surface area (Å²) in [6, 6.07) is 2.27. The van der Waals surface area contributed by atoms with Crippen LogP contribution in [0.1, 0.15) is 30.7 Å². The van der Waals surface area contributed by atoms with Crippen LogP contribution < -0.4 is 5.32 Å². The van der Waals surface area contributed by atoms with Crippen molar-refractivity contribution < 1.29 is 0 Å². The van der Waals surface area contributed by atoms with E-state index in [4.69, 9.17) is 0 Å². The van der Waals surface area contributed by atoms with Crippen LogP contribution in [0.5, 0.6) is 0 Å². The van der Waals surface area contributed by atoms with E-state index in [1.54, 1.807) is 5.56 Å². The number of hydrogen-bond donors (Lipinski definition) is 1. The van der Waals surface area contributed by atoms with Crippen LogP contribution in [0.25, 0.3) is 0 Å². The molecule has 0 bridgehead atoms. The zero-order valence-electron chi connectivity index (χ0n) is 7.68. The number of thiophene rings is 1. The molecule has 66 valence electrons. The van der Waals surface area contributed by atoms with Crippen molar-refractivity contribution in [1.29, 1.82) is 0 Å². The lowest BCUT2D eigenvalue weighted by Gasteiger charge is -2.23. The average Bonchev–Trinajstić information content (AvgIpc) is 2.40. The Kier molecular flexibility index (Phi) is 1.97. The summed E-state index contributed by atoms with van der Waals surface area (Å²) < 4.78 is 0. The van der Waals surface area contributed by atoms with Crippen LogP contribution in [-0.2, 0) is 13.0 Å². The summed E-state index contributed by atoms with van der Waals surface area (Å²) in [6.45, 7) is 5.62. The Bertz CT molecular complexity index is 251. The van der Waals surface area contributed by atoms with E-state index < -0.39 is 0 Å². The summed E-state index contributed by atoms with van der Waals surface area (Å²) >= 11 is 1.88. The number of aryl methyl sites for hydroxylation is 1. The van der Waals surface area contributed by atoms with Crippen molar-refractivity contribution in [2.45, 2.75) is 38.8 Å². The van der Waals surface area contributed by atoms with Crippen LogP contribution in [0.4, 0.5) is 0 Å². The fourth-order valence-electron chi connectivity index (χ4n) is 1.60.